The maximum atomic E-state index is 12.5. The number of benzene rings is 1. The summed E-state index contributed by atoms with van der Waals surface area (Å²) in [7, 11) is 0. The van der Waals surface area contributed by atoms with Gasteiger partial charge in [0.2, 0.25) is 6.79 Å². The Labute approximate surface area is 144 Å². The van der Waals surface area contributed by atoms with E-state index < -0.39 is 0 Å². The maximum Gasteiger partial charge on any atom is 0.263 e. The van der Waals surface area contributed by atoms with Gasteiger partial charge in [-0.05, 0) is 43.5 Å². The van der Waals surface area contributed by atoms with E-state index in [-0.39, 0.29) is 18.7 Å². The van der Waals surface area contributed by atoms with E-state index in [1.54, 1.807) is 6.20 Å². The third-order valence-corrected chi connectivity index (χ3v) is 5.67. The Morgan fingerprint density at radius 2 is 2.21 bits per heavy atom. The van der Waals surface area contributed by atoms with Crippen LogP contribution in [0.15, 0.2) is 24.4 Å². The number of carbonyl (C=O) groups is 1. The summed E-state index contributed by atoms with van der Waals surface area (Å²) in [4.78, 5) is 17.5. The molecule has 2 atom stereocenters. The molecule has 1 aliphatic carbocycles. The standard InChI is InChI=1S/C17H19N3O3S/c18-7-11-2-1-3-12(11)20-16(21)15-8-19-17(24-15)10-4-5-13-14(6-10)23-9-22-13/h4-6,8,11-12H,1-3,7,9,18H2,(H,20,21). The molecule has 24 heavy (non-hydrogen) atoms. The van der Waals surface area contributed by atoms with Crippen LogP contribution in [0, 0.1) is 5.92 Å². The number of ether oxygens (including phenoxy) is 2. The lowest BCUT2D eigenvalue weighted by molar-refractivity contribution is 0.0932. The van der Waals surface area contributed by atoms with Crippen molar-refractivity contribution in [3.63, 3.8) is 0 Å². The summed E-state index contributed by atoms with van der Waals surface area (Å²) in [6, 6.07) is 5.86. The van der Waals surface area contributed by atoms with Crippen LogP contribution >= 0.6 is 11.3 Å². The van der Waals surface area contributed by atoms with E-state index in [1.165, 1.54) is 11.3 Å². The topological polar surface area (TPSA) is 86.5 Å². The number of aromatic nitrogens is 1. The summed E-state index contributed by atoms with van der Waals surface area (Å²) in [6.45, 7) is 0.865. The second-order valence-corrected chi connectivity index (χ2v) is 7.13. The largest absolute Gasteiger partial charge is 0.454 e. The molecule has 0 spiro atoms. The van der Waals surface area contributed by atoms with Gasteiger partial charge in [-0.3, -0.25) is 4.79 Å². The van der Waals surface area contributed by atoms with Crippen molar-refractivity contribution in [2.45, 2.75) is 25.3 Å². The van der Waals surface area contributed by atoms with Crippen molar-refractivity contribution in [1.29, 1.82) is 0 Å². The third kappa shape index (κ3) is 2.85. The molecule has 2 aliphatic rings. The minimum Gasteiger partial charge on any atom is -0.454 e. The normalized spacial score (nSPS) is 21.9. The van der Waals surface area contributed by atoms with E-state index >= 15 is 0 Å². The molecule has 7 heteroatoms. The average molecular weight is 345 g/mol. The molecule has 1 aromatic heterocycles. The molecule has 2 unspecified atom stereocenters. The molecule has 4 rings (SSSR count). The molecular formula is C17H19N3O3S. The molecule has 3 N–H and O–H groups in total. The number of nitrogens with two attached hydrogens (primary N) is 1. The van der Waals surface area contributed by atoms with E-state index in [1.807, 2.05) is 18.2 Å². The van der Waals surface area contributed by atoms with Crippen LogP contribution in [0.25, 0.3) is 10.6 Å². The molecule has 2 aromatic rings. The van der Waals surface area contributed by atoms with Crippen LogP contribution in [0.3, 0.4) is 0 Å². The Bertz CT molecular complexity index is 761. The van der Waals surface area contributed by atoms with Gasteiger partial charge in [-0.15, -0.1) is 11.3 Å². The summed E-state index contributed by atoms with van der Waals surface area (Å²) in [5, 5.41) is 3.90. The Hall–Kier alpha value is -2.12. The third-order valence-electron chi connectivity index (χ3n) is 4.63. The predicted octanol–water partition coefficient (Wildman–Crippen LogP) is 2.40. The highest BCUT2D eigenvalue weighted by atomic mass is 32.1. The van der Waals surface area contributed by atoms with Crippen LogP contribution in [-0.4, -0.2) is 30.3 Å². The van der Waals surface area contributed by atoms with Crippen molar-refractivity contribution in [2.75, 3.05) is 13.3 Å². The first-order valence-electron chi connectivity index (χ1n) is 8.11. The van der Waals surface area contributed by atoms with Gasteiger partial charge in [-0.2, -0.15) is 0 Å². The maximum absolute atomic E-state index is 12.5. The van der Waals surface area contributed by atoms with Gasteiger partial charge in [0.25, 0.3) is 5.91 Å². The molecule has 1 amide bonds. The van der Waals surface area contributed by atoms with Gasteiger partial charge >= 0.3 is 0 Å². The molecule has 126 valence electrons. The molecule has 1 saturated carbocycles. The predicted molar refractivity (Wildman–Crippen MR) is 91.3 cm³/mol. The van der Waals surface area contributed by atoms with Crippen molar-refractivity contribution in [1.82, 2.24) is 10.3 Å². The highest BCUT2D eigenvalue weighted by Gasteiger charge is 2.28. The fourth-order valence-corrected chi connectivity index (χ4v) is 4.11. The van der Waals surface area contributed by atoms with Crippen LogP contribution in [0.2, 0.25) is 0 Å². The number of amides is 1. The quantitative estimate of drug-likeness (QED) is 0.888. The van der Waals surface area contributed by atoms with E-state index in [0.29, 0.717) is 23.1 Å². The number of carbonyl (C=O) groups excluding carboxylic acids is 1. The molecule has 2 heterocycles. The number of hydrogen-bond donors (Lipinski definition) is 2. The molecule has 0 radical (unpaired) electrons. The zero-order valence-electron chi connectivity index (χ0n) is 13.2. The molecule has 0 saturated heterocycles. The van der Waals surface area contributed by atoms with Crippen LogP contribution in [0.1, 0.15) is 28.9 Å². The van der Waals surface area contributed by atoms with Crippen molar-refractivity contribution in [2.24, 2.45) is 11.7 Å². The number of thiazole rings is 1. The Morgan fingerprint density at radius 1 is 1.33 bits per heavy atom. The summed E-state index contributed by atoms with van der Waals surface area (Å²) >= 11 is 1.38. The molecular weight excluding hydrogens is 326 g/mol. The first-order chi connectivity index (χ1) is 11.7. The lowest BCUT2D eigenvalue weighted by Gasteiger charge is -2.18. The van der Waals surface area contributed by atoms with E-state index in [0.717, 1.165) is 35.6 Å². The highest BCUT2D eigenvalue weighted by Crippen LogP contribution is 2.37. The van der Waals surface area contributed by atoms with E-state index in [4.69, 9.17) is 15.2 Å². The molecule has 0 bridgehead atoms. The Morgan fingerprint density at radius 3 is 3.08 bits per heavy atom. The average Bonchev–Trinajstić information content (AvgIpc) is 3.33. The van der Waals surface area contributed by atoms with E-state index in [2.05, 4.69) is 10.3 Å². The Kier molecular flexibility index (Phi) is 4.12. The minimum absolute atomic E-state index is 0.0650. The smallest absolute Gasteiger partial charge is 0.263 e. The highest BCUT2D eigenvalue weighted by molar-refractivity contribution is 7.16. The summed E-state index contributed by atoms with van der Waals surface area (Å²) in [6.07, 6.45) is 4.85. The van der Waals surface area contributed by atoms with Gasteiger partial charge in [0, 0.05) is 11.6 Å². The fraction of sp³-hybridized carbons (Fsp3) is 0.412. The Balaban J connectivity index is 1.49. The van der Waals surface area contributed by atoms with E-state index in [9.17, 15) is 4.79 Å². The summed E-state index contributed by atoms with van der Waals surface area (Å²) < 4.78 is 10.7. The van der Waals surface area contributed by atoms with Gasteiger partial charge in [-0.25, -0.2) is 4.98 Å². The van der Waals surface area contributed by atoms with Crippen LogP contribution in [0.5, 0.6) is 11.5 Å². The lowest BCUT2D eigenvalue weighted by Crippen LogP contribution is -2.39. The number of nitrogens with one attached hydrogen (secondary N) is 1. The minimum atomic E-state index is -0.0650. The summed E-state index contributed by atoms with van der Waals surface area (Å²) in [5.41, 5.74) is 6.70. The molecule has 6 nitrogen and oxygen atoms in total. The number of fused-ring (bicyclic) bond motifs is 1. The molecule has 1 fully saturated rings. The van der Waals surface area contributed by atoms with Gasteiger partial charge in [-0.1, -0.05) is 6.42 Å². The summed E-state index contributed by atoms with van der Waals surface area (Å²) in [5.74, 6) is 1.77. The van der Waals surface area contributed by atoms with Crippen molar-refractivity contribution in [3.8, 4) is 22.1 Å². The van der Waals surface area contributed by atoms with Crippen LogP contribution in [-0.2, 0) is 0 Å². The number of nitrogens with zero attached hydrogens (tertiary/aromatic N) is 1. The zero-order valence-corrected chi connectivity index (χ0v) is 14.0. The second kappa shape index (κ2) is 6.41. The van der Waals surface area contributed by atoms with Crippen molar-refractivity contribution < 1.29 is 14.3 Å². The fourth-order valence-electron chi connectivity index (χ4n) is 3.29. The second-order valence-electron chi connectivity index (χ2n) is 6.10. The number of rotatable bonds is 4. The number of hydrogen-bond acceptors (Lipinski definition) is 6. The zero-order chi connectivity index (χ0) is 16.5. The lowest BCUT2D eigenvalue weighted by atomic mass is 10.0. The monoisotopic (exact) mass is 345 g/mol. The van der Waals surface area contributed by atoms with Gasteiger partial charge < -0.3 is 20.5 Å². The van der Waals surface area contributed by atoms with Gasteiger partial charge in [0.15, 0.2) is 11.5 Å². The molecule has 1 aliphatic heterocycles. The van der Waals surface area contributed by atoms with Gasteiger partial charge in [0.1, 0.15) is 9.88 Å². The van der Waals surface area contributed by atoms with Gasteiger partial charge in [0.05, 0.1) is 6.20 Å². The van der Waals surface area contributed by atoms with Crippen LogP contribution < -0.4 is 20.5 Å². The SMILES string of the molecule is NCC1CCCC1NC(=O)c1cnc(-c2ccc3c(c2)OCO3)s1. The molecule has 1 aromatic carbocycles. The van der Waals surface area contributed by atoms with Crippen molar-refractivity contribution in [3.05, 3.63) is 29.3 Å². The van der Waals surface area contributed by atoms with Crippen LogP contribution in [0.4, 0.5) is 0 Å². The van der Waals surface area contributed by atoms with Crippen molar-refractivity contribution >= 4 is 17.2 Å². The first-order valence-corrected chi connectivity index (χ1v) is 8.93. The first kappa shape index (κ1) is 15.4.